The lowest BCUT2D eigenvalue weighted by Crippen LogP contribution is -2.34. The van der Waals surface area contributed by atoms with Crippen LogP contribution in [-0.2, 0) is 11.3 Å². The monoisotopic (exact) mass is 467 g/mol. The summed E-state index contributed by atoms with van der Waals surface area (Å²) in [6, 6.07) is 26.7. The number of nitrogens with zero attached hydrogens (tertiary/aromatic N) is 4. The van der Waals surface area contributed by atoms with Crippen LogP contribution in [0.3, 0.4) is 0 Å². The lowest BCUT2D eigenvalue weighted by molar-refractivity contribution is -0.577. The quantitative estimate of drug-likeness (QED) is 0.435. The molecule has 4 aromatic rings. The summed E-state index contributed by atoms with van der Waals surface area (Å²) in [5, 5.41) is 22.4. The van der Waals surface area contributed by atoms with Crippen LogP contribution in [0.15, 0.2) is 96.2 Å². The van der Waals surface area contributed by atoms with E-state index in [1.54, 1.807) is 10.9 Å². The number of aliphatic imine (C=N–C) groups is 1. The maximum Gasteiger partial charge on any atom is 0.237 e. The predicted octanol–water partition coefficient (Wildman–Crippen LogP) is 2.05. The molecule has 0 saturated heterocycles. The Morgan fingerprint density at radius 1 is 1.03 bits per heavy atom. The number of hydrogen-bond donors (Lipinski definition) is 2. The maximum absolute atomic E-state index is 9.26. The van der Waals surface area contributed by atoms with E-state index in [0.717, 1.165) is 40.7 Å². The zero-order valence-electron chi connectivity index (χ0n) is 19.2. The fraction of sp³-hybridized carbons (Fsp3) is 0.111. The molecule has 8 nitrogen and oxygen atoms in total. The molecule has 2 aromatic heterocycles. The Balaban J connectivity index is 0.000000672. The molecular formula is C27H25N5O3. The van der Waals surface area contributed by atoms with E-state index < -0.39 is 5.97 Å². The molecule has 1 aliphatic heterocycles. The number of aliphatic hydroxyl groups is 1. The summed E-state index contributed by atoms with van der Waals surface area (Å²) >= 11 is 0. The van der Waals surface area contributed by atoms with Crippen LogP contribution in [0.25, 0.3) is 11.3 Å². The normalized spacial score (nSPS) is 13.4. The van der Waals surface area contributed by atoms with Crippen molar-refractivity contribution in [2.45, 2.75) is 13.5 Å². The van der Waals surface area contributed by atoms with E-state index >= 15 is 0 Å². The number of carbonyl (C=O) groups excluding carboxylic acids is 1. The van der Waals surface area contributed by atoms with Gasteiger partial charge in [0.25, 0.3) is 0 Å². The van der Waals surface area contributed by atoms with Crippen molar-refractivity contribution in [3.8, 4) is 0 Å². The van der Waals surface area contributed by atoms with Gasteiger partial charge in [-0.2, -0.15) is 9.67 Å². The first-order valence-electron chi connectivity index (χ1n) is 11.1. The summed E-state index contributed by atoms with van der Waals surface area (Å²) in [5.74, 6) is -0.649. The molecule has 176 valence electrons. The molecule has 0 saturated carbocycles. The lowest BCUT2D eigenvalue weighted by atomic mass is 9.97. The Morgan fingerprint density at radius 3 is 2.26 bits per heavy atom. The molecule has 0 fully saturated rings. The van der Waals surface area contributed by atoms with Crippen molar-refractivity contribution in [2.24, 2.45) is 4.99 Å². The number of carboxylic acids is 1. The molecule has 2 aromatic carbocycles. The summed E-state index contributed by atoms with van der Waals surface area (Å²) in [4.78, 5) is 13.9. The fourth-order valence-electron chi connectivity index (χ4n) is 3.93. The topological polar surface area (TPSA) is 120 Å². The molecule has 0 bridgehead atoms. The van der Waals surface area contributed by atoms with Gasteiger partial charge in [0.05, 0.1) is 24.9 Å². The number of pyridine rings is 1. The molecule has 1 aliphatic rings. The summed E-state index contributed by atoms with van der Waals surface area (Å²) in [6.45, 7) is 1.27. The van der Waals surface area contributed by atoms with Gasteiger partial charge in [0.15, 0.2) is 11.9 Å². The third-order valence-corrected chi connectivity index (χ3v) is 5.33. The number of carbonyl (C=O) groups is 1. The SMILES string of the molecule is CC(=O)[O-].Nc1c(N=C2C(c3ccccc3)=C(c3ccccc3)[n+]3ccccc32)cnn1CCO. The van der Waals surface area contributed by atoms with E-state index in [-0.39, 0.29) is 6.61 Å². The van der Waals surface area contributed by atoms with Crippen molar-refractivity contribution < 1.29 is 19.6 Å². The molecule has 35 heavy (non-hydrogen) atoms. The van der Waals surface area contributed by atoms with Gasteiger partial charge in [-0.15, -0.1) is 0 Å². The number of aromatic nitrogens is 3. The summed E-state index contributed by atoms with van der Waals surface area (Å²) in [7, 11) is 0. The van der Waals surface area contributed by atoms with Crippen LogP contribution in [0, 0.1) is 0 Å². The standard InChI is InChI=1S/C25H21N5O.C2H4O2/c26-25-20(17-27-30(25)15-16-31)28-23-21-13-7-8-14-29(21)24(19-11-5-2-6-12-19)22(23)18-9-3-1-4-10-18;1-2(3)4/h1-14,17,26,31H,15-16H2;1H3,(H,3,4). The Morgan fingerprint density at radius 2 is 1.63 bits per heavy atom. The highest BCUT2D eigenvalue weighted by atomic mass is 16.4. The minimum atomic E-state index is -1.08. The highest BCUT2D eigenvalue weighted by molar-refractivity contribution is 6.37. The first kappa shape index (κ1) is 23.6. The molecular weight excluding hydrogens is 442 g/mol. The molecule has 0 spiro atoms. The average molecular weight is 468 g/mol. The molecule has 3 N–H and O–H groups in total. The van der Waals surface area contributed by atoms with Gasteiger partial charge in [-0.1, -0.05) is 48.5 Å². The second kappa shape index (κ2) is 10.6. The molecule has 0 radical (unpaired) electrons. The summed E-state index contributed by atoms with van der Waals surface area (Å²) < 4.78 is 3.74. The number of nitrogens with two attached hydrogens (primary N) is 1. The number of aliphatic hydroxyl groups excluding tert-OH is 1. The smallest absolute Gasteiger partial charge is 0.237 e. The van der Waals surface area contributed by atoms with E-state index in [1.165, 1.54) is 0 Å². The molecule has 5 rings (SSSR count). The third kappa shape index (κ3) is 5.02. The maximum atomic E-state index is 9.26. The van der Waals surface area contributed by atoms with Crippen LogP contribution in [-0.4, -0.2) is 33.2 Å². The van der Waals surface area contributed by atoms with Crippen LogP contribution in [0.2, 0.25) is 0 Å². The van der Waals surface area contributed by atoms with Gasteiger partial charge in [0.2, 0.25) is 11.4 Å². The molecule has 0 aliphatic carbocycles. The van der Waals surface area contributed by atoms with Crippen molar-refractivity contribution in [3.05, 3.63) is 108 Å². The number of aliphatic carboxylic acids is 1. The number of anilines is 1. The molecule has 0 unspecified atom stereocenters. The fourth-order valence-corrected chi connectivity index (χ4v) is 3.93. The number of benzene rings is 2. The van der Waals surface area contributed by atoms with Crippen molar-refractivity contribution in [3.63, 3.8) is 0 Å². The molecule has 3 heterocycles. The Bertz CT molecular complexity index is 1390. The number of carboxylic acid groups (broad SMARTS) is 1. The predicted molar refractivity (Wildman–Crippen MR) is 132 cm³/mol. The zero-order valence-corrected chi connectivity index (χ0v) is 19.2. The molecule has 0 amide bonds. The van der Waals surface area contributed by atoms with E-state index in [9.17, 15) is 5.11 Å². The minimum Gasteiger partial charge on any atom is -0.550 e. The van der Waals surface area contributed by atoms with E-state index in [4.69, 9.17) is 20.6 Å². The van der Waals surface area contributed by atoms with Crippen LogP contribution < -0.4 is 15.4 Å². The molecule has 8 heteroatoms. The van der Waals surface area contributed by atoms with Crippen LogP contribution in [0.5, 0.6) is 0 Å². The Kier molecular flexibility index (Phi) is 7.13. The van der Waals surface area contributed by atoms with Crippen molar-refractivity contribution in [1.29, 1.82) is 0 Å². The number of fused-ring (bicyclic) bond motifs is 1. The number of hydrogen-bond acceptors (Lipinski definition) is 6. The summed E-state index contributed by atoms with van der Waals surface area (Å²) in [5.41, 5.74) is 13.0. The Hall–Kier alpha value is -4.56. The van der Waals surface area contributed by atoms with E-state index in [2.05, 4.69) is 46.2 Å². The zero-order chi connectivity index (χ0) is 24.8. The van der Waals surface area contributed by atoms with E-state index in [0.29, 0.717) is 18.1 Å². The number of nitrogen functional groups attached to an aromatic ring is 1. The summed E-state index contributed by atoms with van der Waals surface area (Å²) in [6.07, 6.45) is 3.70. The largest absolute Gasteiger partial charge is 0.550 e. The first-order chi connectivity index (χ1) is 17.0. The molecule has 0 atom stereocenters. The lowest BCUT2D eigenvalue weighted by Gasteiger charge is -2.05. The third-order valence-electron chi connectivity index (χ3n) is 5.33. The van der Waals surface area contributed by atoms with Crippen molar-refractivity contribution in [1.82, 2.24) is 9.78 Å². The second-order valence-electron chi connectivity index (χ2n) is 7.73. The van der Waals surface area contributed by atoms with Gasteiger partial charge in [0.1, 0.15) is 11.5 Å². The highest BCUT2D eigenvalue weighted by Crippen LogP contribution is 2.35. The second-order valence-corrected chi connectivity index (χ2v) is 7.73. The number of allylic oxidation sites excluding steroid dienone is 1. The van der Waals surface area contributed by atoms with Crippen molar-refractivity contribution >= 4 is 34.5 Å². The van der Waals surface area contributed by atoms with E-state index in [1.807, 2.05) is 48.5 Å². The van der Waals surface area contributed by atoms with Gasteiger partial charge >= 0.3 is 0 Å². The van der Waals surface area contributed by atoms with Gasteiger partial charge in [0, 0.05) is 23.7 Å². The first-order valence-corrected chi connectivity index (χ1v) is 11.1. The van der Waals surface area contributed by atoms with Gasteiger partial charge < -0.3 is 20.7 Å². The number of rotatable bonds is 5. The Labute approximate surface area is 202 Å². The average Bonchev–Trinajstić information content (AvgIpc) is 3.38. The minimum absolute atomic E-state index is 0.0338. The van der Waals surface area contributed by atoms with Crippen molar-refractivity contribution in [2.75, 3.05) is 12.3 Å². The highest BCUT2D eigenvalue weighted by Gasteiger charge is 2.38. The van der Waals surface area contributed by atoms with Gasteiger partial charge in [-0.3, -0.25) is 0 Å². The van der Waals surface area contributed by atoms with Gasteiger partial charge in [-0.05, 0) is 30.7 Å². The van der Waals surface area contributed by atoms with Gasteiger partial charge in [-0.25, -0.2) is 9.67 Å². The van der Waals surface area contributed by atoms with Crippen LogP contribution in [0.1, 0.15) is 23.7 Å². The van der Waals surface area contributed by atoms with Crippen LogP contribution >= 0.6 is 0 Å². The van der Waals surface area contributed by atoms with Crippen LogP contribution in [0.4, 0.5) is 11.5 Å².